The molecule has 9 heteroatoms. The van der Waals surface area contributed by atoms with E-state index in [1.165, 1.54) is 206 Å². The summed E-state index contributed by atoms with van der Waals surface area (Å²) in [4.78, 5) is 40.6. The van der Waals surface area contributed by atoms with Gasteiger partial charge in [-0.05, 0) is 36.5 Å². The summed E-state index contributed by atoms with van der Waals surface area (Å²) in [5.74, 6) is 5.36. The molecule has 0 spiro atoms. The molecule has 0 N–H and O–H groups in total. The summed E-state index contributed by atoms with van der Waals surface area (Å²) in [7, 11) is 0. The smallest absolute Gasteiger partial charge is 0.247 e. The molecule has 0 aliphatic heterocycles. The van der Waals surface area contributed by atoms with Crippen LogP contribution in [0.2, 0.25) is 0 Å². The van der Waals surface area contributed by atoms with Crippen molar-refractivity contribution < 1.29 is 0 Å². The van der Waals surface area contributed by atoms with Crippen molar-refractivity contribution in [1.82, 2.24) is 13.7 Å². The van der Waals surface area contributed by atoms with Gasteiger partial charge >= 0.3 is 17.1 Å². The summed E-state index contributed by atoms with van der Waals surface area (Å²) in [6.45, 7) is 7.93. The SMILES string of the molecule is CCCCCCCCCCCCSCCn1c(=O)n(CCSCCCCCCCCCCCC)c(=O)n(CCSCCCCCCCCCCCC)c1=O. The summed E-state index contributed by atoms with van der Waals surface area (Å²) >= 11 is 5.49. The molecule has 6 nitrogen and oxygen atoms in total. The average Bonchev–Trinajstić information content (AvgIpc) is 3.17. The number of unbranched alkanes of at least 4 members (excludes halogenated alkanes) is 27. The van der Waals surface area contributed by atoms with Crippen LogP contribution in [0.5, 0.6) is 0 Å². The molecule has 1 aromatic rings. The molecule has 0 saturated carbocycles. The molecular weight excluding hydrogens is 727 g/mol. The summed E-state index contributed by atoms with van der Waals surface area (Å²) in [6.07, 6.45) is 39.8. The zero-order chi connectivity index (χ0) is 39.2. The van der Waals surface area contributed by atoms with E-state index in [-0.39, 0.29) is 0 Å². The minimum Gasteiger partial charge on any atom is -0.247 e. The molecule has 0 aromatic carbocycles. The minimum atomic E-state index is -0.418. The number of thioether (sulfide) groups is 3. The predicted octanol–water partition coefficient (Wildman–Crippen LogP) is 13.1. The van der Waals surface area contributed by atoms with Crippen molar-refractivity contribution in [3.8, 4) is 0 Å². The Labute approximate surface area is 346 Å². The van der Waals surface area contributed by atoms with Crippen LogP contribution in [0, 0.1) is 0 Å². The molecule has 0 unspecified atom stereocenters. The average molecular weight is 814 g/mol. The Bertz CT molecular complexity index is 968. The maximum absolute atomic E-state index is 13.5. The number of hydrogen-bond donors (Lipinski definition) is 0. The van der Waals surface area contributed by atoms with E-state index in [4.69, 9.17) is 0 Å². The van der Waals surface area contributed by atoms with Gasteiger partial charge in [0.2, 0.25) is 0 Å². The second-order valence-electron chi connectivity index (χ2n) is 15.7. The summed E-state index contributed by atoms with van der Waals surface area (Å²) < 4.78 is 4.06. The van der Waals surface area contributed by atoms with E-state index in [0.717, 1.165) is 34.5 Å². The third-order valence-corrected chi connectivity index (χ3v) is 13.8. The lowest BCUT2D eigenvalue weighted by molar-refractivity contribution is 0.476. The van der Waals surface area contributed by atoms with Gasteiger partial charge in [0, 0.05) is 36.9 Å². The van der Waals surface area contributed by atoms with Crippen LogP contribution in [0.1, 0.15) is 213 Å². The first-order chi connectivity index (χ1) is 26.6. The van der Waals surface area contributed by atoms with Gasteiger partial charge in [-0.15, -0.1) is 0 Å². The second kappa shape index (κ2) is 39.3. The summed E-state index contributed by atoms with van der Waals surface area (Å²) in [5.41, 5.74) is -1.25. The van der Waals surface area contributed by atoms with Crippen molar-refractivity contribution in [3.63, 3.8) is 0 Å². The quantitative estimate of drug-likeness (QED) is 0.0613. The molecule has 54 heavy (non-hydrogen) atoms. The van der Waals surface area contributed by atoms with Crippen LogP contribution in [-0.4, -0.2) is 48.2 Å². The molecule has 1 aromatic heterocycles. The normalized spacial score (nSPS) is 11.6. The van der Waals surface area contributed by atoms with Crippen molar-refractivity contribution in [2.45, 2.75) is 233 Å². The van der Waals surface area contributed by atoms with Gasteiger partial charge in [0.25, 0.3) is 0 Å². The van der Waals surface area contributed by atoms with E-state index >= 15 is 0 Å². The first-order valence-electron chi connectivity index (χ1n) is 23.3. The molecule has 0 atom stereocenters. The molecule has 0 fully saturated rings. The molecule has 1 heterocycles. The van der Waals surface area contributed by atoms with E-state index in [2.05, 4.69) is 20.8 Å². The van der Waals surface area contributed by atoms with Crippen LogP contribution in [0.4, 0.5) is 0 Å². The van der Waals surface area contributed by atoms with E-state index in [9.17, 15) is 14.4 Å². The lowest BCUT2D eigenvalue weighted by atomic mass is 10.1. The molecular formula is C45H87N3O3S3. The first-order valence-corrected chi connectivity index (χ1v) is 26.7. The zero-order valence-corrected chi connectivity index (χ0v) is 38.3. The van der Waals surface area contributed by atoms with Crippen LogP contribution >= 0.6 is 35.3 Å². The molecule has 0 amide bonds. The van der Waals surface area contributed by atoms with Crippen molar-refractivity contribution >= 4 is 35.3 Å². The van der Waals surface area contributed by atoms with Gasteiger partial charge in [-0.2, -0.15) is 35.3 Å². The highest BCUT2D eigenvalue weighted by atomic mass is 32.2. The topological polar surface area (TPSA) is 66.0 Å². The van der Waals surface area contributed by atoms with Crippen molar-refractivity contribution in [3.05, 3.63) is 31.5 Å². The maximum Gasteiger partial charge on any atom is 0.336 e. The summed E-state index contributed by atoms with van der Waals surface area (Å²) in [6, 6.07) is 0. The summed E-state index contributed by atoms with van der Waals surface area (Å²) in [5, 5.41) is 0. The molecule has 0 aliphatic rings. The molecule has 0 radical (unpaired) electrons. The highest BCUT2D eigenvalue weighted by Crippen LogP contribution is 2.15. The second-order valence-corrected chi connectivity index (χ2v) is 19.4. The molecule has 0 bridgehead atoms. The molecule has 0 saturated heterocycles. The van der Waals surface area contributed by atoms with Crippen molar-refractivity contribution in [2.75, 3.05) is 34.5 Å². The fourth-order valence-electron chi connectivity index (χ4n) is 7.10. The Balaban J connectivity index is 2.54. The largest absolute Gasteiger partial charge is 0.336 e. The number of hydrogen-bond acceptors (Lipinski definition) is 6. The lowest BCUT2D eigenvalue weighted by Gasteiger charge is -2.14. The van der Waals surface area contributed by atoms with Gasteiger partial charge in [-0.3, -0.25) is 0 Å². The van der Waals surface area contributed by atoms with E-state index < -0.39 is 17.1 Å². The van der Waals surface area contributed by atoms with Crippen LogP contribution in [-0.2, 0) is 19.6 Å². The maximum atomic E-state index is 13.5. The van der Waals surface area contributed by atoms with E-state index in [1.54, 1.807) is 0 Å². The number of rotatable bonds is 42. The number of nitrogens with zero attached hydrogens (tertiary/aromatic N) is 3. The van der Waals surface area contributed by atoms with Gasteiger partial charge in [0.1, 0.15) is 0 Å². The monoisotopic (exact) mass is 814 g/mol. The van der Waals surface area contributed by atoms with Crippen molar-refractivity contribution in [2.24, 2.45) is 0 Å². The Morgan fingerprint density at radius 1 is 0.278 bits per heavy atom. The van der Waals surface area contributed by atoms with Gasteiger partial charge < -0.3 is 0 Å². The lowest BCUT2D eigenvalue weighted by Crippen LogP contribution is -2.55. The van der Waals surface area contributed by atoms with Gasteiger partial charge in [0.15, 0.2) is 0 Å². The molecule has 0 aliphatic carbocycles. The van der Waals surface area contributed by atoms with E-state index in [1.807, 2.05) is 35.3 Å². The van der Waals surface area contributed by atoms with Crippen molar-refractivity contribution in [1.29, 1.82) is 0 Å². The molecule has 318 valence electrons. The molecule has 1 rings (SSSR count). The highest BCUT2D eigenvalue weighted by molar-refractivity contribution is 7.99. The Kier molecular flexibility index (Phi) is 37.5. The third-order valence-electron chi connectivity index (χ3n) is 10.7. The Morgan fingerprint density at radius 2 is 0.463 bits per heavy atom. The Hall–Kier alpha value is -0.540. The van der Waals surface area contributed by atoms with Gasteiger partial charge in [-0.25, -0.2) is 28.1 Å². The predicted molar refractivity (Wildman–Crippen MR) is 247 cm³/mol. The minimum absolute atomic E-state index is 0.373. The fraction of sp³-hybridized carbons (Fsp3) is 0.933. The number of aromatic nitrogens is 3. The third kappa shape index (κ3) is 28.0. The zero-order valence-electron chi connectivity index (χ0n) is 35.9. The Morgan fingerprint density at radius 3 is 0.667 bits per heavy atom. The van der Waals surface area contributed by atoms with E-state index in [0.29, 0.717) is 19.6 Å². The van der Waals surface area contributed by atoms with Crippen LogP contribution in [0.25, 0.3) is 0 Å². The van der Waals surface area contributed by atoms with Crippen LogP contribution in [0.3, 0.4) is 0 Å². The fourth-order valence-corrected chi connectivity index (χ4v) is 9.88. The van der Waals surface area contributed by atoms with Crippen LogP contribution < -0.4 is 17.1 Å². The first kappa shape index (κ1) is 51.5. The van der Waals surface area contributed by atoms with Crippen LogP contribution in [0.15, 0.2) is 14.4 Å². The highest BCUT2D eigenvalue weighted by Gasteiger charge is 2.15. The van der Waals surface area contributed by atoms with Gasteiger partial charge in [0.05, 0.1) is 0 Å². The standard InChI is InChI=1S/C45H87N3O3S3/c1-4-7-10-13-16-19-22-25-28-31-37-52-40-34-46-43(49)47(35-41-53-38-32-29-26-23-20-17-14-11-8-5-2)45(51)48(44(46)50)36-42-54-39-33-30-27-24-21-18-15-12-9-6-3/h4-42H2,1-3H3. The van der Waals surface area contributed by atoms with Gasteiger partial charge in [-0.1, -0.05) is 194 Å².